The zero-order chi connectivity index (χ0) is 9.26. The molecule has 0 spiro atoms. The van der Waals surface area contributed by atoms with E-state index in [0.29, 0.717) is 5.92 Å². The number of cyclic esters (lactones) is 1. The Morgan fingerprint density at radius 1 is 1.62 bits per heavy atom. The van der Waals surface area contributed by atoms with Gasteiger partial charge in [0.1, 0.15) is 12.6 Å². The Kier molecular flexibility index (Phi) is 2.08. The zero-order valence-electron chi connectivity index (χ0n) is 7.21. The fourth-order valence-electron chi connectivity index (χ4n) is 1.22. The van der Waals surface area contributed by atoms with Crippen LogP contribution in [0, 0.1) is 5.92 Å². The summed E-state index contributed by atoms with van der Waals surface area (Å²) >= 11 is 0. The van der Waals surface area contributed by atoms with Crippen LogP contribution in [0.25, 0.3) is 0 Å². The van der Waals surface area contributed by atoms with Crippen LogP contribution >= 0.6 is 0 Å². The molecule has 1 heterocycles. The van der Waals surface area contributed by atoms with E-state index in [2.05, 4.69) is 15.4 Å². The van der Waals surface area contributed by atoms with E-state index in [1.165, 1.54) is 12.8 Å². The van der Waals surface area contributed by atoms with Crippen molar-refractivity contribution in [2.24, 2.45) is 5.92 Å². The molecule has 1 unspecified atom stereocenters. The minimum absolute atomic E-state index is 0.141. The maximum absolute atomic E-state index is 11.3. The molecule has 1 aliphatic carbocycles. The smallest absolute Gasteiger partial charge is 0.407 e. The molecule has 72 valence electrons. The molecule has 1 aliphatic heterocycles. The van der Waals surface area contributed by atoms with E-state index in [-0.39, 0.29) is 12.5 Å². The molecule has 0 aromatic heterocycles. The number of carbonyl (C=O) groups excluding carboxylic acids is 2. The van der Waals surface area contributed by atoms with Crippen LogP contribution < -0.4 is 10.6 Å². The van der Waals surface area contributed by atoms with Crippen LogP contribution in [0.2, 0.25) is 0 Å². The van der Waals surface area contributed by atoms with Gasteiger partial charge in [-0.05, 0) is 18.8 Å². The summed E-state index contributed by atoms with van der Waals surface area (Å²) in [5.41, 5.74) is 0. The summed E-state index contributed by atoms with van der Waals surface area (Å²) < 4.78 is 4.60. The second-order valence-corrected chi connectivity index (χ2v) is 3.48. The number of rotatable bonds is 3. The first-order chi connectivity index (χ1) is 6.25. The lowest BCUT2D eigenvalue weighted by atomic mass is 10.3. The molecule has 2 fully saturated rings. The summed E-state index contributed by atoms with van der Waals surface area (Å²) in [6.07, 6.45) is 1.90. The lowest BCUT2D eigenvalue weighted by Gasteiger charge is -2.07. The average molecular weight is 184 g/mol. The van der Waals surface area contributed by atoms with Crippen molar-refractivity contribution in [3.05, 3.63) is 0 Å². The second kappa shape index (κ2) is 3.24. The van der Waals surface area contributed by atoms with Gasteiger partial charge >= 0.3 is 6.09 Å². The lowest BCUT2D eigenvalue weighted by Crippen LogP contribution is -2.43. The van der Waals surface area contributed by atoms with E-state index in [9.17, 15) is 9.59 Å². The minimum Gasteiger partial charge on any atom is -0.447 e. The normalized spacial score (nSPS) is 26.5. The Labute approximate surface area is 75.8 Å². The highest BCUT2D eigenvalue weighted by atomic mass is 16.6. The monoisotopic (exact) mass is 184 g/mol. The molecule has 0 aromatic carbocycles. The first kappa shape index (κ1) is 8.34. The van der Waals surface area contributed by atoms with Crippen LogP contribution in [0.5, 0.6) is 0 Å². The second-order valence-electron chi connectivity index (χ2n) is 3.48. The quantitative estimate of drug-likeness (QED) is 0.628. The van der Waals surface area contributed by atoms with Gasteiger partial charge in [-0.15, -0.1) is 0 Å². The molecular formula is C8H12N2O3. The highest BCUT2D eigenvalue weighted by Crippen LogP contribution is 2.27. The van der Waals surface area contributed by atoms with E-state index in [1.54, 1.807) is 0 Å². The number of amides is 2. The molecule has 0 aromatic rings. The van der Waals surface area contributed by atoms with Gasteiger partial charge in [-0.3, -0.25) is 4.79 Å². The molecule has 0 radical (unpaired) electrons. The van der Waals surface area contributed by atoms with Crippen LogP contribution in [0.3, 0.4) is 0 Å². The highest BCUT2D eigenvalue weighted by molar-refractivity contribution is 5.87. The molecule has 2 N–H and O–H groups in total. The van der Waals surface area contributed by atoms with Crippen molar-refractivity contribution >= 4 is 12.0 Å². The zero-order valence-corrected chi connectivity index (χ0v) is 7.21. The number of carbonyl (C=O) groups is 2. The summed E-state index contributed by atoms with van der Waals surface area (Å²) in [6.45, 7) is 0.876. The molecule has 13 heavy (non-hydrogen) atoms. The van der Waals surface area contributed by atoms with E-state index >= 15 is 0 Å². The summed E-state index contributed by atoms with van der Waals surface area (Å²) in [6, 6.07) is -0.494. The van der Waals surface area contributed by atoms with Crippen molar-refractivity contribution in [2.45, 2.75) is 18.9 Å². The van der Waals surface area contributed by atoms with Gasteiger partial charge < -0.3 is 15.4 Å². The first-order valence-corrected chi connectivity index (χ1v) is 4.46. The van der Waals surface area contributed by atoms with Crippen LogP contribution in [0.1, 0.15) is 12.8 Å². The van der Waals surface area contributed by atoms with Crippen molar-refractivity contribution in [1.82, 2.24) is 10.6 Å². The summed E-state index contributed by atoms with van der Waals surface area (Å²) in [4.78, 5) is 21.9. The van der Waals surface area contributed by atoms with Crippen molar-refractivity contribution in [2.75, 3.05) is 13.2 Å². The van der Waals surface area contributed by atoms with Crippen LogP contribution in [-0.4, -0.2) is 31.2 Å². The fourth-order valence-corrected chi connectivity index (χ4v) is 1.22. The lowest BCUT2D eigenvalue weighted by molar-refractivity contribution is -0.122. The average Bonchev–Trinajstić information content (AvgIpc) is 2.84. The third kappa shape index (κ3) is 2.11. The molecule has 1 saturated carbocycles. The Morgan fingerprint density at radius 2 is 2.38 bits per heavy atom. The number of alkyl carbamates (subject to hydrolysis) is 1. The molecular weight excluding hydrogens is 172 g/mol. The maximum atomic E-state index is 11.3. The Morgan fingerprint density at radius 3 is 2.92 bits per heavy atom. The first-order valence-electron chi connectivity index (χ1n) is 4.46. The van der Waals surface area contributed by atoms with Crippen LogP contribution in [0.4, 0.5) is 4.79 Å². The molecule has 0 bridgehead atoms. The molecule has 1 saturated heterocycles. The Bertz CT molecular complexity index is 238. The van der Waals surface area contributed by atoms with E-state index in [4.69, 9.17) is 0 Å². The van der Waals surface area contributed by atoms with Crippen LogP contribution in [-0.2, 0) is 9.53 Å². The highest BCUT2D eigenvalue weighted by Gasteiger charge is 2.30. The number of hydrogen-bond acceptors (Lipinski definition) is 3. The minimum atomic E-state index is -0.508. The predicted molar refractivity (Wildman–Crippen MR) is 44.0 cm³/mol. The fraction of sp³-hybridized carbons (Fsp3) is 0.750. The van der Waals surface area contributed by atoms with Crippen molar-refractivity contribution in [3.8, 4) is 0 Å². The standard InChI is InChI=1S/C8H12N2O3/c11-7(9-3-5-1-2-5)6-4-13-8(12)10-6/h5-6H,1-4H2,(H,9,11)(H,10,12). The third-order valence-corrected chi connectivity index (χ3v) is 2.25. The van der Waals surface area contributed by atoms with E-state index in [1.807, 2.05) is 0 Å². The topological polar surface area (TPSA) is 67.4 Å². The van der Waals surface area contributed by atoms with Gasteiger partial charge in [0.15, 0.2) is 0 Å². The molecule has 5 heteroatoms. The largest absolute Gasteiger partial charge is 0.447 e. The van der Waals surface area contributed by atoms with E-state index < -0.39 is 12.1 Å². The van der Waals surface area contributed by atoms with E-state index in [0.717, 1.165) is 6.54 Å². The third-order valence-electron chi connectivity index (χ3n) is 2.25. The SMILES string of the molecule is O=C1NC(C(=O)NCC2CC2)CO1. The molecule has 2 aliphatic rings. The Hall–Kier alpha value is -1.26. The number of nitrogens with one attached hydrogen (secondary N) is 2. The van der Waals surface area contributed by atoms with Gasteiger partial charge in [0.05, 0.1) is 0 Å². The van der Waals surface area contributed by atoms with Gasteiger partial charge in [0, 0.05) is 6.54 Å². The Balaban J connectivity index is 1.72. The number of ether oxygens (including phenoxy) is 1. The molecule has 2 rings (SSSR count). The summed E-state index contributed by atoms with van der Waals surface area (Å²) in [5.74, 6) is 0.514. The molecule has 1 atom stereocenters. The van der Waals surface area contributed by atoms with Gasteiger partial charge in [0.2, 0.25) is 5.91 Å². The summed E-state index contributed by atoms with van der Waals surface area (Å²) in [7, 11) is 0. The van der Waals surface area contributed by atoms with Gasteiger partial charge in [-0.2, -0.15) is 0 Å². The van der Waals surface area contributed by atoms with Gasteiger partial charge in [-0.1, -0.05) is 0 Å². The number of hydrogen-bond donors (Lipinski definition) is 2. The van der Waals surface area contributed by atoms with Gasteiger partial charge in [-0.25, -0.2) is 4.79 Å². The molecule has 2 amide bonds. The van der Waals surface area contributed by atoms with Crippen molar-refractivity contribution in [3.63, 3.8) is 0 Å². The van der Waals surface area contributed by atoms with Crippen molar-refractivity contribution < 1.29 is 14.3 Å². The molecule has 5 nitrogen and oxygen atoms in total. The maximum Gasteiger partial charge on any atom is 0.407 e. The van der Waals surface area contributed by atoms with Crippen molar-refractivity contribution in [1.29, 1.82) is 0 Å². The van der Waals surface area contributed by atoms with Gasteiger partial charge in [0.25, 0.3) is 0 Å². The van der Waals surface area contributed by atoms with Crippen LogP contribution in [0.15, 0.2) is 0 Å². The summed E-state index contributed by atoms with van der Waals surface area (Å²) in [5, 5.41) is 5.20. The predicted octanol–water partition coefficient (Wildman–Crippen LogP) is -0.379.